The largest absolute Gasteiger partial charge is 0.382 e. The van der Waals surface area contributed by atoms with Crippen molar-refractivity contribution in [2.75, 3.05) is 25.1 Å². The number of amides is 2. The van der Waals surface area contributed by atoms with Gasteiger partial charge in [-0.05, 0) is 31.5 Å². The van der Waals surface area contributed by atoms with Crippen LogP contribution in [0.3, 0.4) is 0 Å². The molecule has 0 radical (unpaired) electrons. The zero-order chi connectivity index (χ0) is 15.0. The Bertz CT molecular complexity index is 483. The highest BCUT2D eigenvalue weighted by Gasteiger charge is 2.13. The molecule has 0 aliphatic heterocycles. The molecule has 7 heteroatoms. The number of nitrogens with one attached hydrogen (secondary N) is 2. The highest BCUT2D eigenvalue weighted by molar-refractivity contribution is 6.39. The number of halogens is 2. The first kappa shape index (κ1) is 16.4. The molecule has 0 atom stereocenters. The fourth-order valence-corrected chi connectivity index (χ4v) is 1.54. The summed E-state index contributed by atoms with van der Waals surface area (Å²) in [5.41, 5.74) is 0.255. The number of benzene rings is 1. The maximum atomic E-state index is 12.9. The van der Waals surface area contributed by atoms with Gasteiger partial charge in [-0.2, -0.15) is 0 Å². The Morgan fingerprint density at radius 3 is 2.75 bits per heavy atom. The molecule has 20 heavy (non-hydrogen) atoms. The van der Waals surface area contributed by atoms with E-state index in [1.807, 2.05) is 6.92 Å². The third-order valence-electron chi connectivity index (χ3n) is 2.34. The number of hydrogen-bond donors (Lipinski definition) is 2. The van der Waals surface area contributed by atoms with Gasteiger partial charge >= 0.3 is 11.8 Å². The van der Waals surface area contributed by atoms with Crippen molar-refractivity contribution in [2.45, 2.75) is 13.3 Å². The molecule has 1 rings (SSSR count). The monoisotopic (exact) mass is 302 g/mol. The molecule has 110 valence electrons. The summed E-state index contributed by atoms with van der Waals surface area (Å²) in [7, 11) is 0. The molecule has 0 aliphatic carbocycles. The van der Waals surface area contributed by atoms with Gasteiger partial charge in [0.15, 0.2) is 0 Å². The van der Waals surface area contributed by atoms with E-state index < -0.39 is 17.6 Å². The normalized spacial score (nSPS) is 10.2. The molecule has 0 saturated carbocycles. The summed E-state index contributed by atoms with van der Waals surface area (Å²) >= 11 is 5.57. The van der Waals surface area contributed by atoms with Crippen molar-refractivity contribution in [3.8, 4) is 0 Å². The van der Waals surface area contributed by atoms with Crippen LogP contribution in [0.15, 0.2) is 18.2 Å². The third-order valence-corrected chi connectivity index (χ3v) is 2.63. The summed E-state index contributed by atoms with van der Waals surface area (Å²) < 4.78 is 18.0. The van der Waals surface area contributed by atoms with Crippen molar-refractivity contribution < 1.29 is 18.7 Å². The molecule has 1 aromatic carbocycles. The molecule has 0 fully saturated rings. The number of carbonyl (C=O) groups is 2. The maximum Gasteiger partial charge on any atom is 0.313 e. The van der Waals surface area contributed by atoms with Gasteiger partial charge in [-0.3, -0.25) is 9.59 Å². The van der Waals surface area contributed by atoms with E-state index >= 15 is 0 Å². The van der Waals surface area contributed by atoms with Gasteiger partial charge in [-0.15, -0.1) is 0 Å². The summed E-state index contributed by atoms with van der Waals surface area (Å²) in [6.07, 6.45) is 0.620. The molecular formula is C13H16ClFN2O3. The lowest BCUT2D eigenvalue weighted by Gasteiger charge is -2.07. The molecule has 2 N–H and O–H groups in total. The highest BCUT2D eigenvalue weighted by atomic mass is 35.5. The van der Waals surface area contributed by atoms with Crippen LogP contribution >= 0.6 is 11.6 Å². The van der Waals surface area contributed by atoms with Gasteiger partial charge in [0.05, 0.1) is 5.02 Å². The first-order chi connectivity index (χ1) is 9.54. The van der Waals surface area contributed by atoms with Crippen molar-refractivity contribution in [3.63, 3.8) is 0 Å². The van der Waals surface area contributed by atoms with Gasteiger partial charge in [0.25, 0.3) is 0 Å². The number of rotatable bonds is 6. The Morgan fingerprint density at radius 2 is 2.10 bits per heavy atom. The zero-order valence-electron chi connectivity index (χ0n) is 11.0. The van der Waals surface area contributed by atoms with Gasteiger partial charge in [0.1, 0.15) is 5.82 Å². The molecular weight excluding hydrogens is 287 g/mol. The lowest BCUT2D eigenvalue weighted by Crippen LogP contribution is -2.36. The van der Waals surface area contributed by atoms with Crippen LogP contribution in [0.25, 0.3) is 0 Å². The number of hydrogen-bond acceptors (Lipinski definition) is 3. The minimum atomic E-state index is -0.830. The Kier molecular flexibility index (Phi) is 6.97. The van der Waals surface area contributed by atoms with Gasteiger partial charge in [0, 0.05) is 25.4 Å². The van der Waals surface area contributed by atoms with E-state index in [9.17, 15) is 14.0 Å². The first-order valence-electron chi connectivity index (χ1n) is 6.16. The van der Waals surface area contributed by atoms with Crippen LogP contribution in [0.2, 0.25) is 5.02 Å². The maximum absolute atomic E-state index is 12.9. The van der Waals surface area contributed by atoms with E-state index in [1.165, 1.54) is 12.1 Å². The van der Waals surface area contributed by atoms with E-state index in [2.05, 4.69) is 10.6 Å². The Labute approximate surface area is 121 Å². The SMILES string of the molecule is CCOCCCNC(=O)C(=O)Nc1ccc(F)c(Cl)c1. The Balaban J connectivity index is 2.37. The number of ether oxygens (including phenoxy) is 1. The Hall–Kier alpha value is -1.66. The van der Waals surface area contributed by atoms with Crippen molar-refractivity contribution >= 4 is 29.1 Å². The van der Waals surface area contributed by atoms with E-state index in [0.717, 1.165) is 6.07 Å². The average molecular weight is 303 g/mol. The van der Waals surface area contributed by atoms with Crippen LogP contribution in [0.1, 0.15) is 13.3 Å². The standard InChI is InChI=1S/C13H16ClFN2O3/c1-2-20-7-3-6-16-12(18)13(19)17-9-4-5-11(15)10(14)8-9/h4-5,8H,2-3,6-7H2,1H3,(H,16,18)(H,17,19). The summed E-state index contributed by atoms with van der Waals surface area (Å²) in [6, 6.07) is 3.66. The van der Waals surface area contributed by atoms with Crippen LogP contribution in [0.5, 0.6) is 0 Å². The summed E-state index contributed by atoms with van der Waals surface area (Å²) in [6.45, 7) is 3.35. The fourth-order valence-electron chi connectivity index (χ4n) is 1.36. The molecule has 0 aliphatic rings. The summed E-state index contributed by atoms with van der Waals surface area (Å²) in [5, 5.41) is 4.65. The minimum Gasteiger partial charge on any atom is -0.382 e. The minimum absolute atomic E-state index is 0.125. The van der Waals surface area contributed by atoms with Crippen LogP contribution in [-0.2, 0) is 14.3 Å². The molecule has 0 unspecified atom stereocenters. The van der Waals surface area contributed by atoms with E-state index in [4.69, 9.17) is 16.3 Å². The molecule has 0 heterocycles. The third kappa shape index (κ3) is 5.54. The lowest BCUT2D eigenvalue weighted by molar-refractivity contribution is -0.136. The van der Waals surface area contributed by atoms with Crippen LogP contribution in [0, 0.1) is 5.82 Å². The van der Waals surface area contributed by atoms with Gasteiger partial charge in [-0.25, -0.2) is 4.39 Å². The molecule has 0 aromatic heterocycles. The van der Waals surface area contributed by atoms with Gasteiger partial charge in [-0.1, -0.05) is 11.6 Å². The predicted octanol–water partition coefficient (Wildman–Crippen LogP) is 1.96. The fraction of sp³-hybridized carbons (Fsp3) is 0.385. The summed E-state index contributed by atoms with van der Waals surface area (Å²) in [5.74, 6) is -2.18. The van der Waals surface area contributed by atoms with Crippen molar-refractivity contribution in [2.24, 2.45) is 0 Å². The zero-order valence-corrected chi connectivity index (χ0v) is 11.8. The average Bonchev–Trinajstić information content (AvgIpc) is 2.42. The molecule has 1 aromatic rings. The van der Waals surface area contributed by atoms with Crippen molar-refractivity contribution in [1.82, 2.24) is 5.32 Å². The van der Waals surface area contributed by atoms with E-state index in [0.29, 0.717) is 26.2 Å². The van der Waals surface area contributed by atoms with Gasteiger partial charge in [0.2, 0.25) is 0 Å². The smallest absolute Gasteiger partial charge is 0.313 e. The topological polar surface area (TPSA) is 67.4 Å². The second-order valence-corrected chi connectivity index (χ2v) is 4.30. The van der Waals surface area contributed by atoms with Crippen LogP contribution in [0.4, 0.5) is 10.1 Å². The van der Waals surface area contributed by atoms with Crippen LogP contribution < -0.4 is 10.6 Å². The highest BCUT2D eigenvalue weighted by Crippen LogP contribution is 2.19. The van der Waals surface area contributed by atoms with E-state index in [-0.39, 0.29) is 10.7 Å². The molecule has 0 spiro atoms. The number of carbonyl (C=O) groups excluding carboxylic acids is 2. The Morgan fingerprint density at radius 1 is 1.35 bits per heavy atom. The summed E-state index contributed by atoms with van der Waals surface area (Å²) in [4.78, 5) is 23.0. The quantitative estimate of drug-likeness (QED) is 0.623. The van der Waals surface area contributed by atoms with Crippen LogP contribution in [-0.4, -0.2) is 31.6 Å². The first-order valence-corrected chi connectivity index (χ1v) is 6.54. The molecule has 2 amide bonds. The van der Waals surface area contributed by atoms with E-state index in [1.54, 1.807) is 0 Å². The molecule has 0 saturated heterocycles. The molecule has 5 nitrogen and oxygen atoms in total. The second kappa shape index (κ2) is 8.50. The van der Waals surface area contributed by atoms with Gasteiger partial charge < -0.3 is 15.4 Å². The van der Waals surface area contributed by atoms with Crippen molar-refractivity contribution in [3.05, 3.63) is 29.0 Å². The lowest BCUT2D eigenvalue weighted by atomic mass is 10.3. The van der Waals surface area contributed by atoms with Crippen molar-refractivity contribution in [1.29, 1.82) is 0 Å². The number of anilines is 1. The predicted molar refractivity (Wildman–Crippen MR) is 74.2 cm³/mol. The second-order valence-electron chi connectivity index (χ2n) is 3.89. The molecule has 0 bridgehead atoms.